The first kappa shape index (κ1) is 19.2. The van der Waals surface area contributed by atoms with Crippen molar-refractivity contribution < 1.29 is 9.53 Å². The summed E-state index contributed by atoms with van der Waals surface area (Å²) >= 11 is 3.05. The molecule has 0 saturated heterocycles. The van der Waals surface area contributed by atoms with Gasteiger partial charge in [-0.3, -0.25) is 14.0 Å². The fraction of sp³-hybridized carbons (Fsp3) is 0.381. The van der Waals surface area contributed by atoms with Gasteiger partial charge in [-0.1, -0.05) is 17.7 Å². The van der Waals surface area contributed by atoms with E-state index in [0.717, 1.165) is 47.4 Å². The van der Waals surface area contributed by atoms with E-state index in [1.54, 1.807) is 15.7 Å². The maximum absolute atomic E-state index is 12.5. The second-order valence-electron chi connectivity index (χ2n) is 7.10. The molecule has 3 aromatic rings. The van der Waals surface area contributed by atoms with Gasteiger partial charge in [-0.25, -0.2) is 4.98 Å². The summed E-state index contributed by atoms with van der Waals surface area (Å²) in [5.74, 6) is -0.0721. The summed E-state index contributed by atoms with van der Waals surface area (Å²) in [4.78, 5) is 32.3. The van der Waals surface area contributed by atoms with Crippen LogP contribution in [0.3, 0.4) is 0 Å². The Morgan fingerprint density at radius 2 is 2.07 bits per heavy atom. The largest absolute Gasteiger partial charge is 0.459 e. The molecule has 7 heteroatoms. The van der Waals surface area contributed by atoms with E-state index in [9.17, 15) is 9.59 Å². The lowest BCUT2D eigenvalue weighted by Crippen LogP contribution is -2.19. The molecule has 0 N–H and O–H groups in total. The molecule has 146 valence electrons. The van der Waals surface area contributed by atoms with Gasteiger partial charge < -0.3 is 4.74 Å². The highest BCUT2D eigenvalue weighted by Gasteiger charge is 2.18. The van der Waals surface area contributed by atoms with Gasteiger partial charge in [0.2, 0.25) is 0 Å². The number of benzene rings is 1. The number of thioether (sulfide) groups is 1. The van der Waals surface area contributed by atoms with E-state index in [2.05, 4.69) is 23.2 Å². The van der Waals surface area contributed by atoms with Crippen molar-refractivity contribution in [2.75, 3.05) is 5.75 Å². The monoisotopic (exact) mass is 414 g/mol. The average Bonchev–Trinajstić information content (AvgIpc) is 3.06. The molecule has 0 fully saturated rings. The molecule has 2 aromatic heterocycles. The number of hydrogen-bond acceptors (Lipinski definition) is 6. The van der Waals surface area contributed by atoms with Crippen molar-refractivity contribution in [1.29, 1.82) is 0 Å². The Morgan fingerprint density at radius 1 is 1.25 bits per heavy atom. The highest BCUT2D eigenvalue weighted by atomic mass is 32.2. The first-order valence-corrected chi connectivity index (χ1v) is 11.2. The molecule has 1 aromatic carbocycles. The molecular formula is C21H22N2O3S2. The van der Waals surface area contributed by atoms with Crippen molar-refractivity contribution in [3.63, 3.8) is 0 Å². The normalized spacial score (nSPS) is 13.5. The summed E-state index contributed by atoms with van der Waals surface area (Å²) < 4.78 is 7.08. The maximum atomic E-state index is 12.5. The van der Waals surface area contributed by atoms with Crippen LogP contribution in [-0.2, 0) is 29.0 Å². The minimum atomic E-state index is -0.307. The molecule has 0 unspecified atom stereocenters. The van der Waals surface area contributed by atoms with E-state index in [0.29, 0.717) is 10.7 Å². The molecule has 1 aliphatic carbocycles. The summed E-state index contributed by atoms with van der Waals surface area (Å²) in [5.41, 5.74) is 3.84. The molecule has 0 saturated carbocycles. The summed E-state index contributed by atoms with van der Waals surface area (Å²) in [6, 6.07) is 7.67. The Morgan fingerprint density at radius 3 is 2.93 bits per heavy atom. The number of carbonyl (C=O) groups is 1. The van der Waals surface area contributed by atoms with Crippen LogP contribution < -0.4 is 5.56 Å². The molecule has 0 amide bonds. The molecule has 1 aliphatic rings. The molecule has 0 bridgehead atoms. The Kier molecular flexibility index (Phi) is 5.55. The number of esters is 1. The van der Waals surface area contributed by atoms with E-state index in [1.807, 2.05) is 13.8 Å². The maximum Gasteiger partial charge on any atom is 0.316 e. The fourth-order valence-electron chi connectivity index (χ4n) is 3.41. The van der Waals surface area contributed by atoms with E-state index >= 15 is 0 Å². The van der Waals surface area contributed by atoms with Crippen LogP contribution in [0.25, 0.3) is 4.96 Å². The highest BCUT2D eigenvalue weighted by Crippen LogP contribution is 2.28. The van der Waals surface area contributed by atoms with Gasteiger partial charge in [0.05, 0.1) is 11.4 Å². The van der Waals surface area contributed by atoms with Crippen LogP contribution in [0.5, 0.6) is 0 Å². The van der Waals surface area contributed by atoms with E-state index < -0.39 is 0 Å². The van der Waals surface area contributed by atoms with Gasteiger partial charge in [0, 0.05) is 21.5 Å². The SMILES string of the molecule is Cc1ccc(C)c(SCC(=O)OCc2cc(=O)n3c4c(sc3n2)CCCC4)c1. The second-order valence-corrected chi connectivity index (χ2v) is 9.18. The predicted octanol–water partition coefficient (Wildman–Crippen LogP) is 4.09. The third kappa shape index (κ3) is 4.00. The van der Waals surface area contributed by atoms with Gasteiger partial charge in [-0.05, 0) is 51.2 Å². The van der Waals surface area contributed by atoms with Gasteiger partial charge in [-0.2, -0.15) is 0 Å². The zero-order chi connectivity index (χ0) is 19.7. The fourth-order valence-corrected chi connectivity index (χ4v) is 5.57. The third-order valence-electron chi connectivity index (χ3n) is 4.88. The van der Waals surface area contributed by atoms with Crippen molar-refractivity contribution in [3.8, 4) is 0 Å². The third-order valence-corrected chi connectivity index (χ3v) is 7.16. The van der Waals surface area contributed by atoms with Crippen LogP contribution in [-0.4, -0.2) is 21.1 Å². The lowest BCUT2D eigenvalue weighted by atomic mass is 10.0. The zero-order valence-corrected chi connectivity index (χ0v) is 17.6. The number of aryl methyl sites for hydroxylation is 4. The smallest absolute Gasteiger partial charge is 0.316 e. The Hall–Kier alpha value is -2.12. The van der Waals surface area contributed by atoms with Crippen molar-refractivity contribution in [2.45, 2.75) is 51.0 Å². The number of ether oxygens (including phenoxy) is 1. The number of hydrogen-bond donors (Lipinski definition) is 0. The quantitative estimate of drug-likeness (QED) is 0.465. The molecule has 0 atom stereocenters. The minimum Gasteiger partial charge on any atom is -0.459 e. The number of nitrogens with zero attached hydrogens (tertiary/aromatic N) is 2. The number of fused-ring (bicyclic) bond motifs is 3. The van der Waals surface area contributed by atoms with Gasteiger partial charge in [0.25, 0.3) is 5.56 Å². The second kappa shape index (κ2) is 8.09. The average molecular weight is 415 g/mol. The van der Waals surface area contributed by atoms with Crippen molar-refractivity contribution in [3.05, 3.63) is 62.0 Å². The number of rotatable bonds is 5. The van der Waals surface area contributed by atoms with Gasteiger partial charge >= 0.3 is 5.97 Å². The molecule has 28 heavy (non-hydrogen) atoms. The number of carbonyl (C=O) groups excluding carboxylic acids is 1. The summed E-state index contributed by atoms with van der Waals surface area (Å²) in [6.45, 7) is 4.09. The van der Waals surface area contributed by atoms with Crippen molar-refractivity contribution >= 4 is 34.0 Å². The van der Waals surface area contributed by atoms with Gasteiger partial charge in [-0.15, -0.1) is 23.1 Å². The topological polar surface area (TPSA) is 60.7 Å². The molecular weight excluding hydrogens is 392 g/mol. The molecule has 0 spiro atoms. The van der Waals surface area contributed by atoms with E-state index in [1.165, 1.54) is 22.7 Å². The zero-order valence-electron chi connectivity index (χ0n) is 16.0. The Labute approximate surface area is 171 Å². The van der Waals surface area contributed by atoms with E-state index in [4.69, 9.17) is 4.74 Å². The Bertz CT molecular complexity index is 1100. The van der Waals surface area contributed by atoms with Crippen molar-refractivity contribution in [1.82, 2.24) is 9.38 Å². The van der Waals surface area contributed by atoms with Crippen LogP contribution >= 0.6 is 23.1 Å². The molecule has 0 aliphatic heterocycles. The molecule has 5 nitrogen and oxygen atoms in total. The lowest BCUT2D eigenvalue weighted by molar-refractivity contribution is -0.141. The first-order chi connectivity index (χ1) is 13.5. The molecule has 4 rings (SSSR count). The predicted molar refractivity (Wildman–Crippen MR) is 112 cm³/mol. The van der Waals surface area contributed by atoms with Crippen LogP contribution in [0.1, 0.15) is 40.2 Å². The highest BCUT2D eigenvalue weighted by molar-refractivity contribution is 8.00. The van der Waals surface area contributed by atoms with Gasteiger partial charge in [0.15, 0.2) is 4.96 Å². The Balaban J connectivity index is 1.42. The summed E-state index contributed by atoms with van der Waals surface area (Å²) in [7, 11) is 0. The lowest BCUT2D eigenvalue weighted by Gasteiger charge is -2.10. The van der Waals surface area contributed by atoms with Crippen LogP contribution in [0.4, 0.5) is 0 Å². The first-order valence-electron chi connectivity index (χ1n) is 9.40. The molecule has 2 heterocycles. The summed E-state index contributed by atoms with van der Waals surface area (Å²) in [6.07, 6.45) is 4.23. The standard InChI is InChI=1S/C21H22N2O3S2/c1-13-7-8-14(2)18(9-13)27-12-20(25)26-11-15-10-19(24)23-16-5-3-4-6-17(16)28-21(23)22-15/h7-10H,3-6,11-12H2,1-2H3. The van der Waals surface area contributed by atoms with E-state index in [-0.39, 0.29) is 23.9 Å². The summed E-state index contributed by atoms with van der Waals surface area (Å²) in [5, 5.41) is 0. The number of aromatic nitrogens is 2. The van der Waals surface area contributed by atoms with Crippen LogP contribution in [0.15, 0.2) is 34.0 Å². The molecule has 0 radical (unpaired) electrons. The van der Waals surface area contributed by atoms with Gasteiger partial charge in [0.1, 0.15) is 6.61 Å². The van der Waals surface area contributed by atoms with Crippen LogP contribution in [0, 0.1) is 13.8 Å². The minimum absolute atomic E-state index is 0.0283. The van der Waals surface area contributed by atoms with Crippen LogP contribution in [0.2, 0.25) is 0 Å². The van der Waals surface area contributed by atoms with Crippen molar-refractivity contribution in [2.24, 2.45) is 0 Å². The number of thiazole rings is 1.